The molecule has 3 fully saturated rings. The summed E-state index contributed by atoms with van der Waals surface area (Å²) in [6.07, 6.45) is 5.52. The molecule has 1 aromatic carbocycles. The maximum absolute atomic E-state index is 15.0. The molecule has 0 radical (unpaired) electrons. The van der Waals surface area contributed by atoms with E-state index in [9.17, 15) is 9.18 Å². The van der Waals surface area contributed by atoms with E-state index in [-0.39, 0.29) is 17.7 Å². The van der Waals surface area contributed by atoms with Crippen LogP contribution < -0.4 is 9.64 Å². The number of carbonyl (C=O) groups is 1. The van der Waals surface area contributed by atoms with Crippen LogP contribution in [0.2, 0.25) is 0 Å². The molecule has 2 saturated heterocycles. The van der Waals surface area contributed by atoms with Gasteiger partial charge in [-0.1, -0.05) is 32.0 Å². The average molecular weight is 542 g/mol. The zero-order valence-electron chi connectivity index (χ0n) is 23.8. The van der Waals surface area contributed by atoms with Crippen LogP contribution in [0.3, 0.4) is 0 Å². The molecule has 3 aliphatic rings. The topological polar surface area (TPSA) is 74.9 Å². The van der Waals surface area contributed by atoms with Crippen molar-refractivity contribution in [3.05, 3.63) is 35.4 Å². The Bertz CT molecular complexity index is 1080. The number of amides is 1. The maximum atomic E-state index is 15.0. The molecule has 2 aromatic rings. The number of benzene rings is 1. The first kappa shape index (κ1) is 27.9. The van der Waals surface area contributed by atoms with E-state index in [1.165, 1.54) is 0 Å². The molecule has 0 atom stereocenters. The third kappa shape index (κ3) is 6.73. The number of nitrogens with zero attached hydrogens (tertiary/aromatic N) is 5. The molecule has 1 aromatic heterocycles. The molecule has 39 heavy (non-hydrogen) atoms. The molecule has 0 bridgehead atoms. The molecule has 1 aliphatic carbocycles. The van der Waals surface area contributed by atoms with Crippen LogP contribution in [-0.4, -0.2) is 78.3 Å². The number of piperidine rings is 1. The summed E-state index contributed by atoms with van der Waals surface area (Å²) in [6.45, 7) is 13.1. The van der Waals surface area contributed by atoms with Crippen LogP contribution in [0.4, 0.5) is 10.4 Å². The lowest BCUT2D eigenvalue weighted by molar-refractivity contribution is -0.138. The Morgan fingerprint density at radius 3 is 2.38 bits per heavy atom. The van der Waals surface area contributed by atoms with E-state index in [0.717, 1.165) is 95.7 Å². The lowest BCUT2D eigenvalue weighted by atomic mass is 9.78. The number of hydrogen-bond donors (Lipinski definition) is 0. The van der Waals surface area contributed by atoms with E-state index in [4.69, 9.17) is 9.26 Å². The van der Waals surface area contributed by atoms with Gasteiger partial charge >= 0.3 is 6.01 Å². The Kier molecular flexibility index (Phi) is 9.05. The normalized spacial score (nSPS) is 23.4. The van der Waals surface area contributed by atoms with E-state index < -0.39 is 0 Å². The number of hydrogen-bond acceptors (Lipinski definition) is 7. The molecule has 0 spiro atoms. The van der Waals surface area contributed by atoms with Gasteiger partial charge in [-0.15, -0.1) is 0 Å². The number of halogens is 1. The van der Waals surface area contributed by atoms with Crippen molar-refractivity contribution in [3.63, 3.8) is 0 Å². The number of ether oxygens (including phenoxy) is 1. The zero-order chi connectivity index (χ0) is 27.4. The average Bonchev–Trinajstić information content (AvgIpc) is 3.48. The van der Waals surface area contributed by atoms with E-state index in [2.05, 4.69) is 31.8 Å². The van der Waals surface area contributed by atoms with Crippen LogP contribution in [0.1, 0.15) is 82.5 Å². The van der Waals surface area contributed by atoms with Gasteiger partial charge in [0.15, 0.2) is 17.4 Å². The van der Waals surface area contributed by atoms with Crippen LogP contribution in [0.25, 0.3) is 0 Å². The molecule has 1 saturated carbocycles. The number of anilines is 1. The first-order valence-electron chi connectivity index (χ1n) is 14.9. The van der Waals surface area contributed by atoms with Crippen molar-refractivity contribution < 1.29 is 18.4 Å². The van der Waals surface area contributed by atoms with Crippen LogP contribution in [0, 0.1) is 17.7 Å². The molecule has 2 aliphatic heterocycles. The van der Waals surface area contributed by atoms with Gasteiger partial charge in [-0.2, -0.15) is 4.98 Å². The van der Waals surface area contributed by atoms with E-state index in [1.807, 2.05) is 19.9 Å². The highest BCUT2D eigenvalue weighted by Gasteiger charge is 2.32. The predicted octanol–water partition coefficient (Wildman–Crippen LogP) is 5.07. The summed E-state index contributed by atoms with van der Waals surface area (Å²) in [7, 11) is 0. The van der Waals surface area contributed by atoms with Crippen LogP contribution in [-0.2, 0) is 4.79 Å². The van der Waals surface area contributed by atoms with Crippen molar-refractivity contribution in [2.24, 2.45) is 11.8 Å². The summed E-state index contributed by atoms with van der Waals surface area (Å²) in [5, 5.41) is 4.06. The highest BCUT2D eigenvalue weighted by Crippen LogP contribution is 2.38. The fraction of sp³-hybridized carbons (Fsp3) is 0.700. The molecule has 9 heteroatoms. The largest absolute Gasteiger partial charge is 0.490 e. The lowest BCUT2D eigenvalue weighted by Crippen LogP contribution is -2.50. The van der Waals surface area contributed by atoms with E-state index in [1.54, 1.807) is 12.1 Å². The molecule has 1 amide bonds. The van der Waals surface area contributed by atoms with E-state index >= 15 is 0 Å². The van der Waals surface area contributed by atoms with Crippen molar-refractivity contribution >= 4 is 11.9 Å². The van der Waals surface area contributed by atoms with Crippen LogP contribution >= 0.6 is 0 Å². The third-order valence-electron chi connectivity index (χ3n) is 8.94. The predicted molar refractivity (Wildman–Crippen MR) is 149 cm³/mol. The van der Waals surface area contributed by atoms with Crippen molar-refractivity contribution in [1.82, 2.24) is 19.9 Å². The maximum Gasteiger partial charge on any atom is 0.324 e. The summed E-state index contributed by atoms with van der Waals surface area (Å²) in [4.78, 5) is 24.1. The summed E-state index contributed by atoms with van der Waals surface area (Å²) >= 11 is 0. The summed E-state index contributed by atoms with van der Waals surface area (Å²) in [6, 6.07) is 6.04. The molecule has 3 heterocycles. The molecule has 5 rings (SSSR count). The monoisotopic (exact) mass is 541 g/mol. The minimum Gasteiger partial charge on any atom is -0.490 e. The van der Waals surface area contributed by atoms with Crippen LogP contribution in [0.5, 0.6) is 5.75 Å². The Labute approximate surface area is 231 Å². The van der Waals surface area contributed by atoms with Crippen molar-refractivity contribution in [2.75, 3.05) is 57.3 Å². The second-order valence-electron chi connectivity index (χ2n) is 11.8. The zero-order valence-corrected chi connectivity index (χ0v) is 23.8. The molecule has 0 unspecified atom stereocenters. The van der Waals surface area contributed by atoms with Gasteiger partial charge in [-0.05, 0) is 74.6 Å². The van der Waals surface area contributed by atoms with E-state index in [0.29, 0.717) is 36.1 Å². The fourth-order valence-electron chi connectivity index (χ4n) is 6.19. The fourth-order valence-corrected chi connectivity index (χ4v) is 6.19. The number of piperazine rings is 1. The Morgan fingerprint density at radius 1 is 1.05 bits per heavy atom. The first-order valence-corrected chi connectivity index (χ1v) is 14.9. The molecular formula is C30H44FN5O3. The van der Waals surface area contributed by atoms with Gasteiger partial charge in [0, 0.05) is 51.1 Å². The van der Waals surface area contributed by atoms with Gasteiger partial charge in [0.2, 0.25) is 5.91 Å². The second kappa shape index (κ2) is 12.7. The molecular weight excluding hydrogens is 497 g/mol. The first-order chi connectivity index (χ1) is 18.9. The van der Waals surface area contributed by atoms with Crippen molar-refractivity contribution in [1.29, 1.82) is 0 Å². The highest BCUT2D eigenvalue weighted by molar-refractivity contribution is 5.79. The van der Waals surface area contributed by atoms with Gasteiger partial charge in [0.1, 0.15) is 0 Å². The van der Waals surface area contributed by atoms with Gasteiger partial charge in [0.25, 0.3) is 0 Å². The third-order valence-corrected chi connectivity index (χ3v) is 8.94. The van der Waals surface area contributed by atoms with Crippen LogP contribution in [0.15, 0.2) is 22.7 Å². The minimum atomic E-state index is -0.288. The van der Waals surface area contributed by atoms with Gasteiger partial charge < -0.3 is 24.0 Å². The Balaban J connectivity index is 1.06. The highest BCUT2D eigenvalue weighted by atomic mass is 19.1. The minimum absolute atomic E-state index is 0.116. The number of likely N-dealkylation sites (N-methyl/N-ethyl adjacent to an activating group) is 1. The Morgan fingerprint density at radius 2 is 1.77 bits per heavy atom. The molecule has 8 nitrogen and oxygen atoms in total. The molecule has 214 valence electrons. The SMILES string of the molecule is CCN1CCN(C(=O)C2CCC(c3ccc(OCC4CCN(c5nc(C(C)C)no5)CC4)c(F)c3)CC2)CC1. The number of rotatable bonds is 8. The van der Waals surface area contributed by atoms with Gasteiger partial charge in [-0.3, -0.25) is 4.79 Å². The van der Waals surface area contributed by atoms with Crippen molar-refractivity contribution in [3.8, 4) is 5.75 Å². The number of aromatic nitrogens is 2. The quantitative estimate of drug-likeness (QED) is 0.462. The number of carbonyl (C=O) groups excluding carboxylic acids is 1. The summed E-state index contributed by atoms with van der Waals surface area (Å²) in [5.74, 6) is 2.12. The van der Waals surface area contributed by atoms with Gasteiger partial charge in [0.05, 0.1) is 6.61 Å². The van der Waals surface area contributed by atoms with Crippen molar-refractivity contribution in [2.45, 2.75) is 71.1 Å². The molecule has 0 N–H and O–H groups in total. The van der Waals surface area contributed by atoms with Gasteiger partial charge in [-0.25, -0.2) is 4.39 Å². The standard InChI is InChI=1S/C30H44FN5O3/c1-4-34-15-17-35(18-16-34)29(37)24-7-5-23(6-8-24)25-9-10-27(26(31)19-25)38-20-22-11-13-36(14-12-22)30-32-28(21(2)3)33-39-30/h9-10,19,21-24H,4-8,11-18,20H2,1-3H3. The smallest absolute Gasteiger partial charge is 0.324 e. The second-order valence-corrected chi connectivity index (χ2v) is 11.8. The lowest BCUT2D eigenvalue weighted by Gasteiger charge is -2.37. The summed E-state index contributed by atoms with van der Waals surface area (Å²) in [5.41, 5.74) is 1.02. The summed E-state index contributed by atoms with van der Waals surface area (Å²) < 4.78 is 26.3. The Hall–Kier alpha value is -2.68.